The molecule has 0 aromatic heterocycles. The van der Waals surface area contributed by atoms with Gasteiger partial charge in [0, 0.05) is 10.5 Å². The summed E-state index contributed by atoms with van der Waals surface area (Å²) in [4.78, 5) is -1.25. The molecule has 1 N–H and O–H groups in total. The average Bonchev–Trinajstić information content (AvgIpc) is 2.82. The Balaban J connectivity index is 0.000000214. The lowest BCUT2D eigenvalue weighted by Gasteiger charge is -2.13. The minimum Gasteiger partial charge on any atom is -0.282 e. The van der Waals surface area contributed by atoms with Crippen LogP contribution in [0, 0.1) is 42.9 Å². The van der Waals surface area contributed by atoms with Crippen LogP contribution in [0.1, 0.15) is 11.1 Å². The maximum Gasteiger partial charge on any atom is 0.300 e. The monoisotopic (exact) mass is 538 g/mol. The topological polar surface area (TPSA) is 54.4 Å². The van der Waals surface area contributed by atoms with Gasteiger partial charge < -0.3 is 0 Å². The second-order valence-corrected chi connectivity index (χ2v) is 9.65. The molecule has 188 valence electrons. The lowest BCUT2D eigenvalue weighted by atomic mass is 9.93. The summed E-state index contributed by atoms with van der Waals surface area (Å²) in [5, 5.41) is 0. The van der Waals surface area contributed by atoms with Crippen LogP contribution in [0.4, 0.5) is 22.0 Å². The fourth-order valence-electron chi connectivity index (χ4n) is 3.35. The van der Waals surface area contributed by atoms with E-state index in [0.29, 0.717) is 0 Å². The van der Waals surface area contributed by atoms with E-state index in [0.717, 1.165) is 4.90 Å². The van der Waals surface area contributed by atoms with E-state index in [2.05, 4.69) is 93.2 Å². The average molecular weight is 539 g/mol. The summed E-state index contributed by atoms with van der Waals surface area (Å²) in [6, 6.07) is 23.6. The van der Waals surface area contributed by atoms with Gasteiger partial charge in [0.1, 0.15) is 0 Å². The molecule has 0 bridgehead atoms. The molecule has 0 spiro atoms. The number of rotatable bonds is 3. The number of hydrogen-bond acceptors (Lipinski definition) is 3. The molecule has 0 aliphatic rings. The molecule has 0 radical (unpaired) electrons. The Kier molecular flexibility index (Phi) is 8.22. The molecule has 10 heteroatoms. The summed E-state index contributed by atoms with van der Waals surface area (Å²) >= 11 is 4.68. The quantitative estimate of drug-likeness (QED) is 0.0931. The molecule has 0 atom stereocenters. The highest BCUT2D eigenvalue weighted by atomic mass is 32.2. The summed E-state index contributed by atoms with van der Waals surface area (Å²) in [6.45, 7) is 4.22. The van der Waals surface area contributed by atoms with Gasteiger partial charge in [-0.15, -0.1) is 12.6 Å². The normalized spacial score (nSPS) is 11.1. The molecule has 0 amide bonds. The third-order valence-electron chi connectivity index (χ3n) is 5.17. The van der Waals surface area contributed by atoms with Crippen molar-refractivity contribution < 1.29 is 34.9 Å². The standard InChI is InChI=1S/C20H18S.C6HF5O3S/c1-14-6-10-16(11-7-14)18-4-3-5-19(21)20(18)17-12-8-15(2)9-13-17;7-1-2(8)4(10)6(15(12,13)14)5(11)3(1)9/h3-13,21H,1-2H3;(H,12,13,14). The first kappa shape index (κ1) is 27.4. The molecule has 3 nitrogen and oxygen atoms in total. The number of hydrogen-bond donors (Lipinski definition) is 2. The summed E-state index contributed by atoms with van der Waals surface area (Å²) in [5.74, 6) is -12.6. The van der Waals surface area contributed by atoms with Crippen LogP contribution in [-0.2, 0) is 10.1 Å². The number of thiol groups is 1. The molecule has 0 fully saturated rings. The van der Waals surface area contributed by atoms with Crippen LogP contribution in [0.5, 0.6) is 0 Å². The molecule has 0 aliphatic carbocycles. The van der Waals surface area contributed by atoms with Crippen LogP contribution >= 0.6 is 12.6 Å². The van der Waals surface area contributed by atoms with E-state index >= 15 is 0 Å². The molecule has 0 unspecified atom stereocenters. The van der Waals surface area contributed by atoms with Gasteiger partial charge in [-0.25, -0.2) is 22.0 Å². The Bertz CT molecular complexity index is 1490. The van der Waals surface area contributed by atoms with Crippen molar-refractivity contribution >= 4 is 22.7 Å². The minimum atomic E-state index is -5.52. The molecule has 4 aromatic carbocycles. The van der Waals surface area contributed by atoms with Crippen molar-refractivity contribution in [2.75, 3.05) is 0 Å². The van der Waals surface area contributed by atoms with Crippen molar-refractivity contribution in [2.45, 2.75) is 23.6 Å². The third-order valence-corrected chi connectivity index (χ3v) is 6.42. The van der Waals surface area contributed by atoms with Crippen molar-refractivity contribution in [3.8, 4) is 22.3 Å². The second-order valence-electron chi connectivity index (χ2n) is 7.81. The summed E-state index contributed by atoms with van der Waals surface area (Å²) in [5.41, 5.74) is 7.41. The van der Waals surface area contributed by atoms with Gasteiger partial charge in [0.2, 0.25) is 5.82 Å². The lowest BCUT2D eigenvalue weighted by molar-refractivity contribution is 0.352. The maximum absolute atomic E-state index is 12.6. The van der Waals surface area contributed by atoms with E-state index in [1.54, 1.807) is 0 Å². The van der Waals surface area contributed by atoms with Crippen LogP contribution in [0.2, 0.25) is 0 Å². The first-order chi connectivity index (χ1) is 16.8. The molecular weight excluding hydrogens is 519 g/mol. The molecule has 0 heterocycles. The largest absolute Gasteiger partial charge is 0.300 e. The Morgan fingerprint density at radius 1 is 0.639 bits per heavy atom. The van der Waals surface area contributed by atoms with Crippen molar-refractivity contribution in [1.82, 2.24) is 0 Å². The molecule has 4 rings (SSSR count). The Morgan fingerprint density at radius 2 is 1.06 bits per heavy atom. The van der Waals surface area contributed by atoms with Gasteiger partial charge in [-0.1, -0.05) is 71.8 Å². The lowest BCUT2D eigenvalue weighted by Crippen LogP contribution is -2.11. The predicted octanol–water partition coefficient (Wildman–Crippen LogP) is 7.55. The summed E-state index contributed by atoms with van der Waals surface area (Å²) in [7, 11) is -5.52. The van der Waals surface area contributed by atoms with Gasteiger partial charge in [-0.05, 0) is 36.6 Å². The molecule has 0 saturated heterocycles. The number of halogens is 5. The van der Waals surface area contributed by atoms with E-state index in [-0.39, 0.29) is 0 Å². The van der Waals surface area contributed by atoms with Gasteiger partial charge >= 0.3 is 10.1 Å². The zero-order valence-corrected chi connectivity index (χ0v) is 20.6. The van der Waals surface area contributed by atoms with Crippen LogP contribution in [-0.4, -0.2) is 13.0 Å². The highest BCUT2D eigenvalue weighted by Crippen LogP contribution is 2.37. The van der Waals surface area contributed by atoms with Crippen LogP contribution < -0.4 is 0 Å². The first-order valence-electron chi connectivity index (χ1n) is 10.3. The highest BCUT2D eigenvalue weighted by molar-refractivity contribution is 7.85. The van der Waals surface area contributed by atoms with E-state index in [1.165, 1.54) is 33.4 Å². The Labute approximate surface area is 210 Å². The molecule has 0 saturated carbocycles. The van der Waals surface area contributed by atoms with E-state index in [9.17, 15) is 30.4 Å². The van der Waals surface area contributed by atoms with E-state index in [1.807, 2.05) is 0 Å². The zero-order chi connectivity index (χ0) is 26.8. The minimum absolute atomic E-state index is 1.01. The molecule has 4 aromatic rings. The smallest absolute Gasteiger partial charge is 0.282 e. The summed E-state index contributed by atoms with van der Waals surface area (Å²) < 4.78 is 91.3. The van der Waals surface area contributed by atoms with Crippen molar-refractivity contribution in [3.63, 3.8) is 0 Å². The van der Waals surface area contributed by atoms with Gasteiger partial charge in [-0.2, -0.15) is 8.42 Å². The van der Waals surface area contributed by atoms with Gasteiger partial charge in [0.25, 0.3) is 0 Å². The third kappa shape index (κ3) is 5.77. The molecule has 0 aliphatic heterocycles. The van der Waals surface area contributed by atoms with Gasteiger partial charge in [-0.3, -0.25) is 4.55 Å². The maximum atomic E-state index is 12.6. The van der Waals surface area contributed by atoms with E-state index in [4.69, 9.17) is 4.55 Å². The summed E-state index contributed by atoms with van der Waals surface area (Å²) in [6.07, 6.45) is 0. The van der Waals surface area contributed by atoms with Gasteiger partial charge in [0.05, 0.1) is 0 Å². The SMILES string of the molecule is Cc1ccc(-c2cccc(S)c2-c2ccc(C)cc2)cc1.O=S(=O)(O)c1c(F)c(F)c(F)c(F)c1F. The van der Waals surface area contributed by atoms with Crippen LogP contribution in [0.15, 0.2) is 76.5 Å². The molecular formula is C26H19F5O3S2. The van der Waals surface area contributed by atoms with Gasteiger partial charge in [0.15, 0.2) is 28.2 Å². The van der Waals surface area contributed by atoms with Crippen molar-refractivity contribution in [2.24, 2.45) is 0 Å². The zero-order valence-electron chi connectivity index (χ0n) is 18.9. The Morgan fingerprint density at radius 3 is 1.50 bits per heavy atom. The number of benzene rings is 4. The Hall–Kier alpha value is -3.21. The van der Waals surface area contributed by atoms with Crippen LogP contribution in [0.3, 0.4) is 0 Å². The predicted molar refractivity (Wildman–Crippen MR) is 130 cm³/mol. The van der Waals surface area contributed by atoms with E-state index < -0.39 is 44.1 Å². The highest BCUT2D eigenvalue weighted by Gasteiger charge is 2.32. The van der Waals surface area contributed by atoms with Crippen molar-refractivity contribution in [1.29, 1.82) is 0 Å². The number of aryl methyl sites for hydroxylation is 2. The first-order valence-corrected chi connectivity index (χ1v) is 12.2. The second kappa shape index (κ2) is 10.8. The van der Waals surface area contributed by atoms with Crippen LogP contribution in [0.25, 0.3) is 22.3 Å². The molecule has 36 heavy (non-hydrogen) atoms. The van der Waals surface area contributed by atoms with Crippen molar-refractivity contribution in [3.05, 3.63) is 107 Å². The fourth-order valence-corrected chi connectivity index (χ4v) is 4.32. The fraction of sp³-hybridized carbons (Fsp3) is 0.0769.